The molecule has 0 saturated carbocycles. The Morgan fingerprint density at radius 2 is 2.21 bits per heavy atom. The highest BCUT2D eigenvalue weighted by Crippen LogP contribution is 2.26. The molecule has 1 aromatic rings. The smallest absolute Gasteiger partial charge is 0.134 e. The van der Waals surface area contributed by atoms with E-state index < -0.39 is 0 Å². The topological polar surface area (TPSA) is 41.1 Å². The molecule has 1 saturated heterocycles. The number of rotatable bonds is 5. The summed E-state index contributed by atoms with van der Waals surface area (Å²) in [4.78, 5) is 2.54. The van der Waals surface area contributed by atoms with Gasteiger partial charge in [0.05, 0.1) is 0 Å². The van der Waals surface area contributed by atoms with Crippen LogP contribution in [0, 0.1) is 11.8 Å². The molecular weight excluding hydrogens is 256 g/mol. The van der Waals surface area contributed by atoms with Gasteiger partial charge in [0.1, 0.15) is 10.7 Å². The summed E-state index contributed by atoms with van der Waals surface area (Å²) in [5.41, 5.74) is 1.12. The van der Waals surface area contributed by atoms with Crippen LogP contribution < -0.4 is 5.32 Å². The van der Waals surface area contributed by atoms with Crippen molar-refractivity contribution in [3.05, 3.63) is 5.69 Å². The summed E-state index contributed by atoms with van der Waals surface area (Å²) < 4.78 is 4.08. The number of aromatic nitrogens is 2. The lowest BCUT2D eigenvalue weighted by molar-refractivity contribution is 0.262. The molecule has 1 N–H and O–H groups in total. The van der Waals surface area contributed by atoms with E-state index in [2.05, 4.69) is 40.6 Å². The fraction of sp³-hybridized carbons (Fsp3) is 0.857. The third kappa shape index (κ3) is 4.14. The molecule has 19 heavy (non-hydrogen) atoms. The van der Waals surface area contributed by atoms with Gasteiger partial charge in [0, 0.05) is 24.6 Å². The van der Waals surface area contributed by atoms with E-state index in [0.29, 0.717) is 0 Å². The first-order valence-electron chi connectivity index (χ1n) is 7.48. The minimum Gasteiger partial charge on any atom is -0.374 e. The Labute approximate surface area is 120 Å². The van der Waals surface area contributed by atoms with Gasteiger partial charge >= 0.3 is 0 Å². The highest BCUT2D eigenvalue weighted by molar-refractivity contribution is 7.10. The molecule has 4 nitrogen and oxygen atoms in total. The second kappa shape index (κ2) is 7.20. The Bertz CT molecular complexity index is 377. The summed E-state index contributed by atoms with van der Waals surface area (Å²) in [5.74, 6) is 1.71. The van der Waals surface area contributed by atoms with Gasteiger partial charge in [-0.3, -0.25) is 4.90 Å². The van der Waals surface area contributed by atoms with Crippen LogP contribution in [0.3, 0.4) is 0 Å². The third-order valence-corrected chi connectivity index (χ3v) is 4.80. The van der Waals surface area contributed by atoms with Crippen LogP contribution in [-0.4, -0.2) is 34.1 Å². The summed E-state index contributed by atoms with van der Waals surface area (Å²) >= 11 is 1.47. The van der Waals surface area contributed by atoms with Crippen molar-refractivity contribution >= 4 is 16.5 Å². The third-order valence-electron chi connectivity index (χ3n) is 4.07. The molecule has 2 heterocycles. The maximum Gasteiger partial charge on any atom is 0.134 e. The van der Waals surface area contributed by atoms with Gasteiger partial charge in [0.25, 0.3) is 0 Å². The first-order valence-corrected chi connectivity index (χ1v) is 8.25. The van der Waals surface area contributed by atoms with Crippen molar-refractivity contribution in [2.24, 2.45) is 11.8 Å². The molecule has 2 rings (SSSR count). The number of hydrogen-bond donors (Lipinski definition) is 1. The maximum absolute atomic E-state index is 4.28. The van der Waals surface area contributed by atoms with Crippen LogP contribution in [0.5, 0.6) is 0 Å². The summed E-state index contributed by atoms with van der Waals surface area (Å²) in [6, 6.07) is 0. The van der Waals surface area contributed by atoms with Gasteiger partial charge in [0.15, 0.2) is 0 Å². The molecule has 0 aliphatic carbocycles. The predicted molar refractivity (Wildman–Crippen MR) is 81.5 cm³/mol. The Kier molecular flexibility index (Phi) is 5.58. The standard InChI is InChI=1S/C14H26N4S/c1-4-15-14-13(16-17-19-14)10-18-8-5-6-12(7-9-18)11(2)3/h11-12,15H,4-10H2,1-3H3. The van der Waals surface area contributed by atoms with E-state index in [1.54, 1.807) is 0 Å². The van der Waals surface area contributed by atoms with Crippen LogP contribution in [0.4, 0.5) is 5.00 Å². The van der Waals surface area contributed by atoms with Crippen molar-refractivity contribution in [3.63, 3.8) is 0 Å². The van der Waals surface area contributed by atoms with E-state index in [4.69, 9.17) is 0 Å². The van der Waals surface area contributed by atoms with E-state index in [-0.39, 0.29) is 0 Å². The Morgan fingerprint density at radius 3 is 2.95 bits per heavy atom. The molecule has 1 atom stereocenters. The van der Waals surface area contributed by atoms with Crippen molar-refractivity contribution < 1.29 is 0 Å². The lowest BCUT2D eigenvalue weighted by Gasteiger charge is -2.20. The van der Waals surface area contributed by atoms with Crippen molar-refractivity contribution in [2.45, 2.75) is 46.6 Å². The highest BCUT2D eigenvalue weighted by Gasteiger charge is 2.20. The average Bonchev–Trinajstić information content (AvgIpc) is 2.67. The van der Waals surface area contributed by atoms with Crippen LogP contribution in [-0.2, 0) is 6.54 Å². The van der Waals surface area contributed by atoms with Gasteiger partial charge in [-0.25, -0.2) is 0 Å². The molecule has 0 amide bonds. The molecule has 5 heteroatoms. The fourth-order valence-electron chi connectivity index (χ4n) is 2.83. The van der Waals surface area contributed by atoms with Gasteiger partial charge in [-0.1, -0.05) is 18.3 Å². The highest BCUT2D eigenvalue weighted by atomic mass is 32.1. The zero-order valence-electron chi connectivity index (χ0n) is 12.4. The van der Waals surface area contributed by atoms with Crippen LogP contribution >= 0.6 is 11.5 Å². The van der Waals surface area contributed by atoms with Crippen molar-refractivity contribution in [3.8, 4) is 0 Å². The predicted octanol–water partition coefficient (Wildman–Crippen LogP) is 3.23. The van der Waals surface area contributed by atoms with E-state index >= 15 is 0 Å². The maximum atomic E-state index is 4.28. The van der Waals surface area contributed by atoms with Crippen molar-refractivity contribution in [1.29, 1.82) is 0 Å². The number of nitrogens with one attached hydrogen (secondary N) is 1. The molecule has 1 fully saturated rings. The molecule has 0 aromatic carbocycles. The molecule has 108 valence electrons. The minimum absolute atomic E-state index is 0.818. The van der Waals surface area contributed by atoms with Gasteiger partial charge in [-0.15, -0.1) is 5.10 Å². The molecule has 0 radical (unpaired) electrons. The Hall–Kier alpha value is -0.680. The summed E-state index contributed by atoms with van der Waals surface area (Å²) in [5, 5.41) is 8.78. The van der Waals surface area contributed by atoms with E-state index in [1.807, 2.05) is 0 Å². The normalized spacial score (nSPS) is 21.6. The van der Waals surface area contributed by atoms with Gasteiger partial charge in [-0.2, -0.15) is 0 Å². The van der Waals surface area contributed by atoms with E-state index in [1.165, 1.54) is 43.9 Å². The Balaban J connectivity index is 1.90. The lowest BCUT2D eigenvalue weighted by atomic mass is 9.89. The molecule has 1 aliphatic heterocycles. The summed E-state index contributed by atoms with van der Waals surface area (Å²) in [6.07, 6.45) is 4.02. The quantitative estimate of drug-likeness (QED) is 0.900. The average molecular weight is 282 g/mol. The van der Waals surface area contributed by atoms with Crippen molar-refractivity contribution in [2.75, 3.05) is 25.0 Å². The van der Waals surface area contributed by atoms with Crippen LogP contribution in [0.1, 0.15) is 45.7 Å². The van der Waals surface area contributed by atoms with Crippen LogP contribution in [0.2, 0.25) is 0 Å². The van der Waals surface area contributed by atoms with Crippen LogP contribution in [0.25, 0.3) is 0 Å². The molecule has 1 aliphatic rings. The molecule has 1 unspecified atom stereocenters. The second-order valence-electron chi connectivity index (χ2n) is 5.79. The van der Waals surface area contributed by atoms with Gasteiger partial charge < -0.3 is 5.32 Å². The zero-order valence-corrected chi connectivity index (χ0v) is 13.2. The van der Waals surface area contributed by atoms with Gasteiger partial charge in [0.2, 0.25) is 0 Å². The first-order chi connectivity index (χ1) is 9.20. The monoisotopic (exact) mass is 282 g/mol. The molecule has 0 spiro atoms. The SMILES string of the molecule is CCNc1snnc1CN1CCCC(C(C)C)CC1. The molecule has 1 aromatic heterocycles. The summed E-state index contributed by atoms with van der Waals surface area (Å²) in [6.45, 7) is 11.1. The summed E-state index contributed by atoms with van der Waals surface area (Å²) in [7, 11) is 0. The zero-order chi connectivity index (χ0) is 13.7. The first kappa shape index (κ1) is 14.7. The largest absolute Gasteiger partial charge is 0.374 e. The minimum atomic E-state index is 0.818. The van der Waals surface area contributed by atoms with Crippen molar-refractivity contribution in [1.82, 2.24) is 14.5 Å². The van der Waals surface area contributed by atoms with E-state index in [9.17, 15) is 0 Å². The molecular formula is C14H26N4S. The number of hydrogen-bond acceptors (Lipinski definition) is 5. The van der Waals surface area contributed by atoms with E-state index in [0.717, 1.165) is 35.6 Å². The van der Waals surface area contributed by atoms with Crippen LogP contribution in [0.15, 0.2) is 0 Å². The molecule has 0 bridgehead atoms. The lowest BCUT2D eigenvalue weighted by Crippen LogP contribution is -2.25. The van der Waals surface area contributed by atoms with Gasteiger partial charge in [-0.05, 0) is 51.1 Å². The second-order valence-corrected chi connectivity index (χ2v) is 6.54. The number of anilines is 1. The Morgan fingerprint density at radius 1 is 1.37 bits per heavy atom. The number of likely N-dealkylation sites (tertiary alicyclic amines) is 1. The fourth-order valence-corrected chi connectivity index (χ4v) is 3.47. The number of nitrogens with zero attached hydrogens (tertiary/aromatic N) is 3.